The summed E-state index contributed by atoms with van der Waals surface area (Å²) in [7, 11) is -2.78. The van der Waals surface area contributed by atoms with Gasteiger partial charge in [-0.05, 0) is 24.3 Å². The molecule has 3 rings (SSSR count). The average Bonchev–Trinajstić information content (AvgIpc) is 2.57. The molecule has 0 aliphatic carbocycles. The van der Waals surface area contributed by atoms with E-state index in [0.717, 1.165) is 28.6 Å². The minimum absolute atomic E-state index is 0.0136. The Bertz CT molecular complexity index is 944. The van der Waals surface area contributed by atoms with Crippen LogP contribution in [0.3, 0.4) is 0 Å². The van der Waals surface area contributed by atoms with Crippen LogP contribution in [0.1, 0.15) is 5.69 Å². The molecule has 0 unspecified atom stereocenters. The molecular weight excluding hydrogens is 392 g/mol. The largest absolute Gasteiger partial charge is 0.495 e. The highest BCUT2D eigenvalue weighted by atomic mass is 32.2. The molecule has 0 bridgehead atoms. The van der Waals surface area contributed by atoms with Crippen molar-refractivity contribution in [1.82, 2.24) is 9.29 Å². The van der Waals surface area contributed by atoms with E-state index >= 15 is 0 Å². The smallest absolute Gasteiger partial charge is 0.433 e. The van der Waals surface area contributed by atoms with Gasteiger partial charge in [-0.3, -0.25) is 0 Å². The summed E-state index contributed by atoms with van der Waals surface area (Å²) in [5.74, 6) is -1.01. The highest BCUT2D eigenvalue weighted by Gasteiger charge is 2.40. The van der Waals surface area contributed by atoms with Crippen LogP contribution < -0.4 is 9.47 Å². The van der Waals surface area contributed by atoms with Crippen molar-refractivity contribution in [3.63, 3.8) is 0 Å². The van der Waals surface area contributed by atoms with Crippen molar-refractivity contribution in [1.29, 1.82) is 0 Å². The molecule has 0 spiro atoms. The van der Waals surface area contributed by atoms with Gasteiger partial charge in [0.15, 0.2) is 0 Å². The van der Waals surface area contributed by atoms with Crippen molar-refractivity contribution in [3.8, 4) is 11.6 Å². The fourth-order valence-corrected chi connectivity index (χ4v) is 4.14. The lowest BCUT2D eigenvalue weighted by Crippen LogP contribution is -2.56. The maximum absolute atomic E-state index is 13.4. The van der Waals surface area contributed by atoms with E-state index in [1.807, 2.05) is 0 Å². The van der Waals surface area contributed by atoms with E-state index < -0.39 is 33.8 Å². The Kier molecular flexibility index (Phi) is 5.00. The number of halogens is 4. The standard InChI is InChI=1S/C16H14F4N2O4S/c1-25-12-6-5-10(17)7-13(12)27(23,24)22-8-11(9-22)26-15-4-2-3-14(21-15)16(18,19)20/h2-7,11H,8-9H2,1H3. The maximum Gasteiger partial charge on any atom is 0.433 e. The summed E-state index contributed by atoms with van der Waals surface area (Å²) in [6.45, 7) is -0.222. The Morgan fingerprint density at radius 2 is 1.89 bits per heavy atom. The van der Waals surface area contributed by atoms with Gasteiger partial charge in [-0.1, -0.05) is 6.07 Å². The molecule has 1 aromatic heterocycles. The first-order chi connectivity index (χ1) is 12.6. The number of methoxy groups -OCH3 is 1. The van der Waals surface area contributed by atoms with Crippen molar-refractivity contribution in [2.24, 2.45) is 0 Å². The van der Waals surface area contributed by atoms with E-state index in [9.17, 15) is 26.0 Å². The summed E-state index contributed by atoms with van der Waals surface area (Å²) < 4.78 is 87.9. The van der Waals surface area contributed by atoms with Gasteiger partial charge in [0.05, 0.1) is 20.2 Å². The number of pyridine rings is 1. The molecule has 0 amide bonds. The number of hydrogen-bond acceptors (Lipinski definition) is 5. The third-order valence-electron chi connectivity index (χ3n) is 3.86. The Balaban J connectivity index is 1.70. The van der Waals surface area contributed by atoms with Gasteiger partial charge in [0.1, 0.15) is 28.3 Å². The third-order valence-corrected chi connectivity index (χ3v) is 5.71. The molecule has 1 aliphatic heterocycles. The molecule has 11 heteroatoms. The molecule has 0 atom stereocenters. The first-order valence-corrected chi connectivity index (χ1v) is 9.10. The van der Waals surface area contributed by atoms with Crippen LogP contribution >= 0.6 is 0 Å². The highest BCUT2D eigenvalue weighted by Crippen LogP contribution is 2.32. The molecule has 2 aromatic rings. The average molecular weight is 406 g/mol. The summed E-state index contributed by atoms with van der Waals surface area (Å²) in [6.07, 6.45) is -5.28. The molecule has 1 fully saturated rings. The molecule has 0 radical (unpaired) electrons. The maximum atomic E-state index is 13.4. The second kappa shape index (κ2) is 6.97. The number of sulfonamides is 1. The van der Waals surface area contributed by atoms with Gasteiger partial charge in [0.2, 0.25) is 15.9 Å². The lowest BCUT2D eigenvalue weighted by molar-refractivity contribution is -0.141. The van der Waals surface area contributed by atoms with Crippen molar-refractivity contribution in [2.45, 2.75) is 17.2 Å². The zero-order valence-electron chi connectivity index (χ0n) is 13.9. The van der Waals surface area contributed by atoms with E-state index in [4.69, 9.17) is 9.47 Å². The molecule has 27 heavy (non-hydrogen) atoms. The number of nitrogens with zero attached hydrogens (tertiary/aromatic N) is 2. The van der Waals surface area contributed by atoms with Crippen LogP contribution in [0.15, 0.2) is 41.3 Å². The molecule has 1 saturated heterocycles. The summed E-state index contributed by atoms with van der Waals surface area (Å²) in [5.41, 5.74) is -1.10. The normalized spacial score (nSPS) is 16.0. The molecule has 2 heterocycles. The topological polar surface area (TPSA) is 68.7 Å². The van der Waals surface area contributed by atoms with E-state index in [-0.39, 0.29) is 29.6 Å². The van der Waals surface area contributed by atoms with Crippen LogP contribution in [0.25, 0.3) is 0 Å². The predicted octanol–water partition coefficient (Wildman–Crippen LogP) is 2.70. The van der Waals surface area contributed by atoms with Gasteiger partial charge in [-0.2, -0.15) is 17.5 Å². The minimum atomic E-state index is -4.61. The summed E-state index contributed by atoms with van der Waals surface area (Å²) in [5, 5.41) is 0. The quantitative estimate of drug-likeness (QED) is 0.715. The highest BCUT2D eigenvalue weighted by molar-refractivity contribution is 7.89. The molecule has 146 valence electrons. The molecule has 6 nitrogen and oxygen atoms in total. The van der Waals surface area contributed by atoms with Crippen LogP contribution in [0.4, 0.5) is 17.6 Å². The molecule has 0 saturated carbocycles. The van der Waals surface area contributed by atoms with Gasteiger partial charge in [-0.25, -0.2) is 17.8 Å². The van der Waals surface area contributed by atoms with Crippen LogP contribution in [-0.2, 0) is 16.2 Å². The van der Waals surface area contributed by atoms with Gasteiger partial charge in [0, 0.05) is 6.07 Å². The van der Waals surface area contributed by atoms with E-state index in [0.29, 0.717) is 0 Å². The van der Waals surface area contributed by atoms with Crippen molar-refractivity contribution < 1.29 is 35.5 Å². The van der Waals surface area contributed by atoms with Gasteiger partial charge in [0.25, 0.3) is 0 Å². The lowest BCUT2D eigenvalue weighted by atomic mass is 10.2. The van der Waals surface area contributed by atoms with Gasteiger partial charge >= 0.3 is 6.18 Å². The number of aromatic nitrogens is 1. The Hall–Kier alpha value is -2.40. The monoisotopic (exact) mass is 406 g/mol. The van der Waals surface area contributed by atoms with Crippen LogP contribution in [0, 0.1) is 5.82 Å². The fraction of sp³-hybridized carbons (Fsp3) is 0.312. The number of benzene rings is 1. The zero-order chi connectivity index (χ0) is 19.8. The van der Waals surface area contributed by atoms with Crippen molar-refractivity contribution in [2.75, 3.05) is 20.2 Å². The Labute approximate surface area is 152 Å². The minimum Gasteiger partial charge on any atom is -0.495 e. The van der Waals surface area contributed by atoms with Crippen LogP contribution in [0.2, 0.25) is 0 Å². The molecule has 0 N–H and O–H groups in total. The third kappa shape index (κ3) is 3.98. The lowest BCUT2D eigenvalue weighted by Gasteiger charge is -2.37. The molecule has 1 aromatic carbocycles. The van der Waals surface area contributed by atoms with E-state index in [2.05, 4.69) is 4.98 Å². The Morgan fingerprint density at radius 1 is 1.19 bits per heavy atom. The van der Waals surface area contributed by atoms with Gasteiger partial charge < -0.3 is 9.47 Å². The SMILES string of the molecule is COc1ccc(F)cc1S(=O)(=O)N1CC(Oc2cccc(C(F)(F)F)n2)C1. The number of alkyl halides is 3. The zero-order valence-corrected chi connectivity index (χ0v) is 14.7. The first-order valence-electron chi connectivity index (χ1n) is 7.66. The Morgan fingerprint density at radius 3 is 2.52 bits per heavy atom. The van der Waals surface area contributed by atoms with E-state index in [1.54, 1.807) is 0 Å². The first kappa shape index (κ1) is 19.4. The number of ether oxygens (including phenoxy) is 2. The summed E-state index contributed by atoms with van der Waals surface area (Å²) >= 11 is 0. The molecule has 1 aliphatic rings. The fourth-order valence-electron chi connectivity index (χ4n) is 2.47. The number of hydrogen-bond donors (Lipinski definition) is 0. The van der Waals surface area contributed by atoms with Gasteiger partial charge in [-0.15, -0.1) is 0 Å². The second-order valence-electron chi connectivity index (χ2n) is 5.72. The summed E-state index contributed by atoms with van der Waals surface area (Å²) in [6, 6.07) is 6.32. The molecular formula is C16H14F4N2O4S. The van der Waals surface area contributed by atoms with Crippen LogP contribution in [-0.4, -0.2) is 44.0 Å². The number of rotatable bonds is 5. The van der Waals surface area contributed by atoms with Crippen LogP contribution in [0.5, 0.6) is 11.6 Å². The second-order valence-corrected chi connectivity index (χ2v) is 7.62. The van der Waals surface area contributed by atoms with Crippen molar-refractivity contribution in [3.05, 3.63) is 47.9 Å². The predicted molar refractivity (Wildman–Crippen MR) is 85.4 cm³/mol. The van der Waals surface area contributed by atoms with E-state index in [1.165, 1.54) is 19.2 Å². The summed E-state index contributed by atoms with van der Waals surface area (Å²) in [4.78, 5) is 3.03. The van der Waals surface area contributed by atoms with Crippen molar-refractivity contribution >= 4 is 10.0 Å².